The van der Waals surface area contributed by atoms with Crippen LogP contribution in [0.2, 0.25) is 0 Å². The van der Waals surface area contributed by atoms with E-state index in [-0.39, 0.29) is 12.0 Å². The topological polar surface area (TPSA) is 82.6 Å². The number of rotatable bonds is 8. The van der Waals surface area contributed by atoms with Crippen LogP contribution < -0.4 is 19.5 Å². The smallest absolute Gasteiger partial charge is 0.220 e. The minimum Gasteiger partial charge on any atom is -0.493 e. The van der Waals surface area contributed by atoms with Gasteiger partial charge in [0.2, 0.25) is 5.91 Å². The standard InChI is InChI=1S/C26H29N3O4/c1-16-12-17(2)29-26(28-16)21-7-5-6-19-14-20(33-25(19)21)15-27-24(30)11-9-18-8-10-22(31-3)23(13-18)32-4/h5-8,10,12-13,20H,9,11,14-15H2,1-4H3,(H,27,30)/t20-/m0/s1. The molecule has 4 rings (SSSR count). The third kappa shape index (κ3) is 5.25. The number of aryl methyl sites for hydroxylation is 3. The summed E-state index contributed by atoms with van der Waals surface area (Å²) in [4.78, 5) is 21.6. The first-order valence-corrected chi connectivity index (χ1v) is 11.1. The van der Waals surface area contributed by atoms with Gasteiger partial charge in [-0.15, -0.1) is 0 Å². The van der Waals surface area contributed by atoms with E-state index in [0.29, 0.717) is 36.7 Å². The molecule has 172 valence electrons. The maximum Gasteiger partial charge on any atom is 0.220 e. The van der Waals surface area contributed by atoms with Gasteiger partial charge in [-0.1, -0.05) is 18.2 Å². The molecule has 0 saturated carbocycles. The fourth-order valence-electron chi connectivity index (χ4n) is 4.08. The van der Waals surface area contributed by atoms with Crippen molar-refractivity contribution in [2.75, 3.05) is 20.8 Å². The predicted octanol–water partition coefficient (Wildman–Crippen LogP) is 3.83. The Labute approximate surface area is 194 Å². The molecule has 0 unspecified atom stereocenters. The van der Waals surface area contributed by atoms with Crippen LogP contribution in [0.1, 0.15) is 28.9 Å². The molecule has 1 aromatic heterocycles. The molecule has 33 heavy (non-hydrogen) atoms. The van der Waals surface area contributed by atoms with E-state index in [1.807, 2.05) is 50.2 Å². The van der Waals surface area contributed by atoms with E-state index in [0.717, 1.165) is 40.2 Å². The number of hydrogen-bond donors (Lipinski definition) is 1. The largest absolute Gasteiger partial charge is 0.493 e. The maximum atomic E-state index is 12.4. The van der Waals surface area contributed by atoms with Crippen molar-refractivity contribution in [1.82, 2.24) is 15.3 Å². The Morgan fingerprint density at radius 2 is 1.82 bits per heavy atom. The van der Waals surface area contributed by atoms with Gasteiger partial charge in [0.1, 0.15) is 11.9 Å². The minimum absolute atomic E-state index is 0.0118. The zero-order valence-corrected chi connectivity index (χ0v) is 19.5. The van der Waals surface area contributed by atoms with Crippen LogP contribution in [0.4, 0.5) is 0 Å². The molecule has 2 aromatic carbocycles. The molecule has 7 nitrogen and oxygen atoms in total. The van der Waals surface area contributed by atoms with Gasteiger partial charge in [0.25, 0.3) is 0 Å². The summed E-state index contributed by atoms with van der Waals surface area (Å²) in [6.45, 7) is 4.37. The van der Waals surface area contributed by atoms with Crippen LogP contribution in [0.3, 0.4) is 0 Å². The molecule has 7 heteroatoms. The highest BCUT2D eigenvalue weighted by Crippen LogP contribution is 2.37. The van der Waals surface area contributed by atoms with Gasteiger partial charge in [-0.25, -0.2) is 9.97 Å². The highest BCUT2D eigenvalue weighted by Gasteiger charge is 2.27. The Morgan fingerprint density at radius 3 is 2.55 bits per heavy atom. The number of ether oxygens (including phenoxy) is 3. The molecule has 2 heterocycles. The number of nitrogens with zero attached hydrogens (tertiary/aromatic N) is 2. The summed E-state index contributed by atoms with van der Waals surface area (Å²) in [5.41, 5.74) is 4.87. The summed E-state index contributed by atoms with van der Waals surface area (Å²) in [6.07, 6.45) is 1.63. The lowest BCUT2D eigenvalue weighted by Gasteiger charge is -2.14. The number of fused-ring (bicyclic) bond motifs is 1. The lowest BCUT2D eigenvalue weighted by molar-refractivity contribution is -0.121. The maximum absolute atomic E-state index is 12.4. The van der Waals surface area contributed by atoms with Crippen LogP contribution in [0.5, 0.6) is 17.2 Å². The monoisotopic (exact) mass is 447 g/mol. The van der Waals surface area contributed by atoms with Crippen molar-refractivity contribution in [2.45, 2.75) is 39.2 Å². The van der Waals surface area contributed by atoms with Crippen LogP contribution in [0, 0.1) is 13.8 Å². The minimum atomic E-state index is -0.114. The molecule has 0 saturated heterocycles. The molecule has 0 spiro atoms. The second-order valence-corrected chi connectivity index (χ2v) is 8.21. The van der Waals surface area contributed by atoms with E-state index < -0.39 is 0 Å². The van der Waals surface area contributed by atoms with Crippen molar-refractivity contribution in [3.8, 4) is 28.6 Å². The van der Waals surface area contributed by atoms with E-state index in [1.165, 1.54) is 0 Å². The van der Waals surface area contributed by atoms with Crippen LogP contribution >= 0.6 is 0 Å². The third-order valence-corrected chi connectivity index (χ3v) is 5.67. The normalized spacial score (nSPS) is 14.4. The van der Waals surface area contributed by atoms with Gasteiger partial charge in [-0.05, 0) is 55.7 Å². The van der Waals surface area contributed by atoms with Crippen LogP contribution in [-0.2, 0) is 17.6 Å². The average molecular weight is 448 g/mol. The third-order valence-electron chi connectivity index (χ3n) is 5.67. The first-order chi connectivity index (χ1) is 16.0. The molecule has 0 radical (unpaired) electrons. The molecule has 3 aromatic rings. The van der Waals surface area contributed by atoms with Gasteiger partial charge < -0.3 is 19.5 Å². The number of aromatic nitrogens is 2. The fourth-order valence-corrected chi connectivity index (χ4v) is 4.08. The molecule has 1 aliphatic rings. The first kappa shape index (κ1) is 22.6. The second kappa shape index (κ2) is 9.90. The van der Waals surface area contributed by atoms with E-state index in [9.17, 15) is 4.79 Å². The summed E-state index contributed by atoms with van der Waals surface area (Å²) < 4.78 is 16.8. The molecule has 0 fully saturated rings. The van der Waals surface area contributed by atoms with Crippen LogP contribution in [0.25, 0.3) is 11.4 Å². The molecule has 1 aliphatic heterocycles. The highest BCUT2D eigenvalue weighted by atomic mass is 16.5. The van der Waals surface area contributed by atoms with Crippen molar-refractivity contribution >= 4 is 5.91 Å². The summed E-state index contributed by atoms with van der Waals surface area (Å²) in [6, 6.07) is 13.7. The molecular weight excluding hydrogens is 418 g/mol. The van der Waals surface area contributed by atoms with Crippen molar-refractivity contribution < 1.29 is 19.0 Å². The first-order valence-electron chi connectivity index (χ1n) is 11.1. The van der Waals surface area contributed by atoms with E-state index in [4.69, 9.17) is 14.2 Å². The van der Waals surface area contributed by atoms with Gasteiger partial charge >= 0.3 is 0 Å². The summed E-state index contributed by atoms with van der Waals surface area (Å²) in [5.74, 6) is 2.81. The predicted molar refractivity (Wildman–Crippen MR) is 126 cm³/mol. The Balaban J connectivity index is 1.34. The van der Waals surface area contributed by atoms with Crippen molar-refractivity contribution in [2.24, 2.45) is 0 Å². The number of nitrogens with one attached hydrogen (secondary N) is 1. The zero-order chi connectivity index (χ0) is 23.4. The highest BCUT2D eigenvalue weighted by molar-refractivity contribution is 5.76. The lowest BCUT2D eigenvalue weighted by Crippen LogP contribution is -2.34. The molecule has 1 amide bonds. The van der Waals surface area contributed by atoms with Crippen molar-refractivity contribution in [1.29, 1.82) is 0 Å². The number of amides is 1. The van der Waals surface area contributed by atoms with Gasteiger partial charge in [0.05, 0.1) is 26.3 Å². The van der Waals surface area contributed by atoms with E-state index >= 15 is 0 Å². The lowest BCUT2D eigenvalue weighted by atomic mass is 10.1. The van der Waals surface area contributed by atoms with Gasteiger partial charge in [0, 0.05) is 24.2 Å². The van der Waals surface area contributed by atoms with Crippen molar-refractivity contribution in [3.63, 3.8) is 0 Å². The molecule has 0 aliphatic carbocycles. The van der Waals surface area contributed by atoms with E-state index in [2.05, 4.69) is 21.4 Å². The molecule has 0 bridgehead atoms. The van der Waals surface area contributed by atoms with Gasteiger partial charge in [-0.2, -0.15) is 0 Å². The summed E-state index contributed by atoms with van der Waals surface area (Å²) in [5, 5.41) is 3.01. The van der Waals surface area contributed by atoms with E-state index in [1.54, 1.807) is 14.2 Å². The molecule has 1 atom stereocenters. The van der Waals surface area contributed by atoms with Crippen LogP contribution in [-0.4, -0.2) is 42.7 Å². The zero-order valence-electron chi connectivity index (χ0n) is 19.5. The number of methoxy groups -OCH3 is 2. The van der Waals surface area contributed by atoms with Crippen LogP contribution in [0.15, 0.2) is 42.5 Å². The Morgan fingerprint density at radius 1 is 1.06 bits per heavy atom. The number of carbonyl (C=O) groups excluding carboxylic acids is 1. The number of benzene rings is 2. The molecular formula is C26H29N3O4. The number of para-hydroxylation sites is 1. The quantitative estimate of drug-likeness (QED) is 0.565. The van der Waals surface area contributed by atoms with Gasteiger partial charge in [-0.3, -0.25) is 4.79 Å². The Bertz CT molecular complexity index is 1140. The average Bonchev–Trinajstić information content (AvgIpc) is 3.23. The fraction of sp³-hybridized carbons (Fsp3) is 0.346. The summed E-state index contributed by atoms with van der Waals surface area (Å²) >= 11 is 0. The number of carbonyl (C=O) groups is 1. The number of hydrogen-bond acceptors (Lipinski definition) is 6. The SMILES string of the molecule is COc1ccc(CCC(=O)NC[C@@H]2Cc3cccc(-c4nc(C)cc(C)n4)c3O2)cc1OC. The Kier molecular flexibility index (Phi) is 6.77. The van der Waals surface area contributed by atoms with Crippen molar-refractivity contribution in [3.05, 3.63) is 65.0 Å². The Hall–Kier alpha value is -3.61. The molecule has 1 N–H and O–H groups in total. The second-order valence-electron chi connectivity index (χ2n) is 8.21. The summed E-state index contributed by atoms with van der Waals surface area (Å²) in [7, 11) is 3.21. The van der Waals surface area contributed by atoms with Gasteiger partial charge in [0.15, 0.2) is 17.3 Å².